The third-order valence-electron chi connectivity index (χ3n) is 2.73. The number of amides is 2. The van der Waals surface area contributed by atoms with E-state index in [9.17, 15) is 9.59 Å². The van der Waals surface area contributed by atoms with Crippen molar-refractivity contribution in [1.82, 2.24) is 5.32 Å². The molecule has 0 fully saturated rings. The molecule has 0 saturated carbocycles. The van der Waals surface area contributed by atoms with E-state index in [1.165, 1.54) is 14.2 Å². The zero-order valence-electron chi connectivity index (χ0n) is 12.4. The van der Waals surface area contributed by atoms with Crippen molar-refractivity contribution in [3.05, 3.63) is 18.2 Å². The topological polar surface area (TPSA) is 85.9 Å². The molecule has 0 heterocycles. The van der Waals surface area contributed by atoms with Crippen LogP contribution in [0.3, 0.4) is 0 Å². The van der Waals surface area contributed by atoms with Crippen LogP contribution in [-0.4, -0.2) is 39.9 Å². The molecule has 1 aromatic rings. The molecule has 0 radical (unpaired) electrons. The van der Waals surface area contributed by atoms with Gasteiger partial charge in [0.1, 0.15) is 11.5 Å². The molecule has 116 valence electrons. The fraction of sp³-hybridized carbons (Fsp3) is 0.429. The van der Waals surface area contributed by atoms with Crippen LogP contribution >= 0.6 is 0 Å². The summed E-state index contributed by atoms with van der Waals surface area (Å²) in [6.45, 7) is 0.374. The fourth-order valence-corrected chi connectivity index (χ4v) is 1.60. The summed E-state index contributed by atoms with van der Waals surface area (Å²) in [7, 11) is 4.39. The van der Waals surface area contributed by atoms with Gasteiger partial charge in [0.05, 0.1) is 27.0 Å². The Hall–Kier alpha value is -2.44. The largest absolute Gasteiger partial charge is 0.497 e. The Morgan fingerprint density at radius 2 is 1.90 bits per heavy atom. The van der Waals surface area contributed by atoms with Crippen LogP contribution in [0.2, 0.25) is 0 Å². The van der Waals surface area contributed by atoms with Crippen molar-refractivity contribution >= 4 is 17.7 Å². The molecule has 0 aromatic heterocycles. The third-order valence-corrected chi connectivity index (χ3v) is 2.73. The average molecular weight is 296 g/mol. The van der Waals surface area contributed by atoms with Crippen molar-refractivity contribution in [1.29, 1.82) is 0 Å². The molecule has 21 heavy (non-hydrogen) atoms. The molecule has 7 nitrogen and oxygen atoms in total. The molecule has 0 saturated heterocycles. The summed E-state index contributed by atoms with van der Waals surface area (Å²) < 4.78 is 14.8. The minimum Gasteiger partial charge on any atom is -0.497 e. The number of nitrogens with one attached hydrogen (secondary N) is 2. The maximum atomic E-state index is 11.7. The lowest BCUT2D eigenvalue weighted by Gasteiger charge is -2.12. The van der Waals surface area contributed by atoms with Gasteiger partial charge in [-0.2, -0.15) is 0 Å². The normalized spacial score (nSPS) is 9.67. The molecule has 0 spiro atoms. The summed E-state index contributed by atoms with van der Waals surface area (Å²) in [6.07, 6.45) is 0.780. The summed E-state index contributed by atoms with van der Waals surface area (Å²) in [5, 5.41) is 5.31. The lowest BCUT2D eigenvalue weighted by atomic mass is 10.2. The summed E-state index contributed by atoms with van der Waals surface area (Å²) in [5.41, 5.74) is 0.531. The first-order valence-corrected chi connectivity index (χ1v) is 6.44. The average Bonchev–Trinajstić information content (AvgIpc) is 2.51. The number of hydrogen-bond acceptors (Lipinski definition) is 5. The fourth-order valence-electron chi connectivity index (χ4n) is 1.60. The molecule has 0 aliphatic heterocycles. The van der Waals surface area contributed by atoms with Crippen molar-refractivity contribution in [2.75, 3.05) is 33.2 Å². The zero-order valence-corrected chi connectivity index (χ0v) is 12.4. The van der Waals surface area contributed by atoms with Gasteiger partial charge in [-0.25, -0.2) is 4.79 Å². The number of carbonyl (C=O) groups excluding carboxylic acids is 2. The van der Waals surface area contributed by atoms with Crippen LogP contribution < -0.4 is 20.1 Å². The van der Waals surface area contributed by atoms with E-state index in [-0.39, 0.29) is 18.4 Å². The van der Waals surface area contributed by atoms with Crippen molar-refractivity contribution in [2.45, 2.75) is 12.8 Å². The molecule has 7 heteroatoms. The summed E-state index contributed by atoms with van der Waals surface area (Å²) >= 11 is 0. The van der Waals surface area contributed by atoms with Gasteiger partial charge in [-0.05, 0) is 18.6 Å². The highest BCUT2D eigenvalue weighted by molar-refractivity contribution is 5.91. The van der Waals surface area contributed by atoms with Gasteiger partial charge in [0.2, 0.25) is 0 Å². The molecule has 0 bridgehead atoms. The smallest absolute Gasteiger partial charge is 0.319 e. The number of rotatable bonds is 7. The number of methoxy groups -OCH3 is 3. The van der Waals surface area contributed by atoms with Gasteiger partial charge in [0, 0.05) is 19.0 Å². The molecular formula is C14H20N2O5. The van der Waals surface area contributed by atoms with Gasteiger partial charge in [-0.15, -0.1) is 0 Å². The molecule has 0 aliphatic rings. The van der Waals surface area contributed by atoms with Crippen LogP contribution in [0.15, 0.2) is 18.2 Å². The molecular weight excluding hydrogens is 276 g/mol. The molecule has 1 aromatic carbocycles. The SMILES string of the molecule is COC(=O)CCCNC(=O)Nc1ccc(OC)cc1OC. The maximum Gasteiger partial charge on any atom is 0.319 e. The lowest BCUT2D eigenvalue weighted by molar-refractivity contribution is -0.140. The molecule has 2 amide bonds. The number of anilines is 1. The second-order valence-corrected chi connectivity index (χ2v) is 4.13. The van der Waals surface area contributed by atoms with Crippen LogP contribution in [0, 0.1) is 0 Å². The lowest BCUT2D eigenvalue weighted by Crippen LogP contribution is -2.30. The number of benzene rings is 1. The van der Waals surface area contributed by atoms with E-state index in [2.05, 4.69) is 15.4 Å². The van der Waals surface area contributed by atoms with Gasteiger partial charge in [-0.1, -0.05) is 0 Å². The van der Waals surface area contributed by atoms with Crippen LogP contribution in [0.5, 0.6) is 11.5 Å². The number of esters is 1. The molecule has 1 rings (SSSR count). The second kappa shape index (κ2) is 8.68. The van der Waals surface area contributed by atoms with Gasteiger partial charge in [-0.3, -0.25) is 4.79 Å². The number of hydrogen-bond donors (Lipinski definition) is 2. The van der Waals surface area contributed by atoms with Crippen LogP contribution in [0.25, 0.3) is 0 Å². The highest BCUT2D eigenvalue weighted by Gasteiger charge is 2.08. The van der Waals surface area contributed by atoms with Gasteiger partial charge in [0.25, 0.3) is 0 Å². The Balaban J connectivity index is 2.45. The van der Waals surface area contributed by atoms with Gasteiger partial charge >= 0.3 is 12.0 Å². The molecule has 0 atom stereocenters. The van der Waals surface area contributed by atoms with E-state index in [0.29, 0.717) is 30.2 Å². The van der Waals surface area contributed by atoms with Crippen molar-refractivity contribution < 1.29 is 23.8 Å². The Labute approximate surface area is 123 Å². The molecule has 0 unspecified atom stereocenters. The van der Waals surface area contributed by atoms with Gasteiger partial charge < -0.3 is 24.8 Å². The Bertz CT molecular complexity index is 490. The Morgan fingerprint density at radius 1 is 1.14 bits per heavy atom. The summed E-state index contributed by atoms with van der Waals surface area (Å²) in [6, 6.07) is 4.71. The van der Waals surface area contributed by atoms with Crippen molar-refractivity contribution in [3.8, 4) is 11.5 Å². The van der Waals surface area contributed by atoms with Gasteiger partial charge in [0.15, 0.2) is 0 Å². The Morgan fingerprint density at radius 3 is 2.52 bits per heavy atom. The highest BCUT2D eigenvalue weighted by Crippen LogP contribution is 2.28. The van der Waals surface area contributed by atoms with E-state index in [1.807, 2.05) is 0 Å². The summed E-state index contributed by atoms with van der Waals surface area (Å²) in [5.74, 6) is 0.837. The number of urea groups is 1. The Kier molecular flexibility index (Phi) is 6.86. The standard InChI is InChI=1S/C14H20N2O5/c1-19-10-6-7-11(12(9-10)20-2)16-14(18)15-8-4-5-13(17)21-3/h6-7,9H,4-5,8H2,1-3H3,(H2,15,16,18). The third kappa shape index (κ3) is 5.60. The first-order valence-electron chi connectivity index (χ1n) is 6.44. The minimum atomic E-state index is -0.372. The summed E-state index contributed by atoms with van der Waals surface area (Å²) in [4.78, 5) is 22.6. The number of ether oxygens (including phenoxy) is 3. The zero-order chi connectivity index (χ0) is 15.7. The predicted molar refractivity (Wildman–Crippen MR) is 77.8 cm³/mol. The van der Waals surface area contributed by atoms with E-state index in [0.717, 1.165) is 0 Å². The molecule has 0 aliphatic carbocycles. The highest BCUT2D eigenvalue weighted by atomic mass is 16.5. The van der Waals surface area contributed by atoms with Crippen LogP contribution in [0.1, 0.15) is 12.8 Å². The van der Waals surface area contributed by atoms with Crippen LogP contribution in [0.4, 0.5) is 10.5 Å². The minimum absolute atomic E-state index is 0.267. The molecule has 2 N–H and O–H groups in total. The maximum absolute atomic E-state index is 11.7. The quantitative estimate of drug-likeness (QED) is 0.591. The monoisotopic (exact) mass is 296 g/mol. The van der Waals surface area contributed by atoms with Crippen LogP contribution in [-0.2, 0) is 9.53 Å². The van der Waals surface area contributed by atoms with E-state index in [4.69, 9.17) is 9.47 Å². The number of carbonyl (C=O) groups is 2. The second-order valence-electron chi connectivity index (χ2n) is 4.13. The van der Waals surface area contributed by atoms with E-state index < -0.39 is 0 Å². The van der Waals surface area contributed by atoms with Crippen molar-refractivity contribution in [2.24, 2.45) is 0 Å². The van der Waals surface area contributed by atoms with E-state index in [1.54, 1.807) is 25.3 Å². The van der Waals surface area contributed by atoms with Crippen molar-refractivity contribution in [3.63, 3.8) is 0 Å². The first-order chi connectivity index (χ1) is 10.1. The first kappa shape index (κ1) is 16.6. The van der Waals surface area contributed by atoms with E-state index >= 15 is 0 Å². The predicted octanol–water partition coefficient (Wildman–Crippen LogP) is 1.78.